The fourth-order valence-corrected chi connectivity index (χ4v) is 3.89. The van der Waals surface area contributed by atoms with Gasteiger partial charge in [0.1, 0.15) is 5.54 Å². The number of aliphatic carboxylic acids is 1. The van der Waals surface area contributed by atoms with Crippen molar-refractivity contribution < 1.29 is 33.1 Å². The topological polar surface area (TPSA) is 116 Å². The highest BCUT2D eigenvalue weighted by Gasteiger charge is 2.47. The van der Waals surface area contributed by atoms with Crippen molar-refractivity contribution >= 4 is 13.1 Å². The Morgan fingerprint density at radius 2 is 1.77 bits per heavy atom. The Bertz CT molecular complexity index is 682. The number of benzene rings is 1. The van der Waals surface area contributed by atoms with E-state index in [0.29, 0.717) is 45.1 Å². The number of carboxylic acids is 1. The molecule has 30 heavy (non-hydrogen) atoms. The molecule has 0 bridgehead atoms. The summed E-state index contributed by atoms with van der Waals surface area (Å²) in [7, 11) is -1.39. The molecule has 6 N–H and O–H groups in total. The van der Waals surface area contributed by atoms with Crippen LogP contribution in [0.4, 0.5) is 13.2 Å². The SMILES string of the molecule is NC(CCCCB(O)O)(C(=O)O)[C@H]1C[C@@H](NCCCc2ccc(C(F)(F)F)cc2)C1. The summed E-state index contributed by atoms with van der Waals surface area (Å²) in [5.74, 6) is -1.17. The molecular weight excluding hydrogens is 400 g/mol. The maximum absolute atomic E-state index is 12.6. The highest BCUT2D eigenvalue weighted by molar-refractivity contribution is 6.40. The number of hydrogen-bond acceptors (Lipinski definition) is 5. The van der Waals surface area contributed by atoms with Gasteiger partial charge in [-0.2, -0.15) is 13.2 Å². The molecule has 0 spiro atoms. The Kier molecular flexibility index (Phi) is 8.72. The van der Waals surface area contributed by atoms with Gasteiger partial charge < -0.3 is 26.2 Å². The van der Waals surface area contributed by atoms with E-state index >= 15 is 0 Å². The van der Waals surface area contributed by atoms with Gasteiger partial charge in [-0.1, -0.05) is 25.0 Å². The Morgan fingerprint density at radius 1 is 1.13 bits per heavy atom. The molecule has 1 saturated carbocycles. The van der Waals surface area contributed by atoms with Crippen molar-refractivity contribution in [3.8, 4) is 0 Å². The third-order valence-electron chi connectivity index (χ3n) is 5.92. The predicted octanol–water partition coefficient (Wildman–Crippen LogP) is 2.43. The van der Waals surface area contributed by atoms with Crippen molar-refractivity contribution in [1.82, 2.24) is 5.32 Å². The van der Waals surface area contributed by atoms with E-state index in [9.17, 15) is 23.1 Å². The summed E-state index contributed by atoms with van der Waals surface area (Å²) in [5.41, 5.74) is 5.05. The van der Waals surface area contributed by atoms with E-state index in [0.717, 1.165) is 24.1 Å². The van der Waals surface area contributed by atoms with Crippen molar-refractivity contribution in [2.24, 2.45) is 11.7 Å². The average Bonchev–Trinajstić information content (AvgIpc) is 2.62. The molecule has 0 heterocycles. The Labute approximate surface area is 174 Å². The molecule has 1 fully saturated rings. The van der Waals surface area contributed by atoms with E-state index in [-0.39, 0.29) is 18.3 Å². The summed E-state index contributed by atoms with van der Waals surface area (Å²) >= 11 is 0. The Morgan fingerprint density at radius 3 is 2.30 bits per heavy atom. The zero-order valence-corrected chi connectivity index (χ0v) is 16.9. The van der Waals surface area contributed by atoms with E-state index in [1.54, 1.807) is 0 Å². The molecule has 1 atom stereocenters. The number of hydrogen-bond donors (Lipinski definition) is 5. The molecule has 0 saturated heterocycles. The minimum Gasteiger partial charge on any atom is -0.480 e. The monoisotopic (exact) mass is 430 g/mol. The van der Waals surface area contributed by atoms with E-state index < -0.39 is 30.4 Å². The first kappa shape index (κ1) is 24.7. The van der Waals surface area contributed by atoms with Gasteiger partial charge in [-0.3, -0.25) is 4.79 Å². The maximum Gasteiger partial charge on any atom is 0.451 e. The Balaban J connectivity index is 1.67. The van der Waals surface area contributed by atoms with Gasteiger partial charge in [-0.05, 0) is 68.6 Å². The first-order valence-electron chi connectivity index (χ1n) is 10.3. The Hall–Kier alpha value is -1.62. The number of carboxylic acid groups (broad SMARTS) is 1. The first-order valence-corrected chi connectivity index (χ1v) is 10.3. The first-order chi connectivity index (χ1) is 14.0. The van der Waals surface area contributed by atoms with Crippen molar-refractivity contribution in [1.29, 1.82) is 0 Å². The van der Waals surface area contributed by atoms with Crippen molar-refractivity contribution in [2.45, 2.75) is 69.0 Å². The van der Waals surface area contributed by atoms with Crippen LogP contribution in [-0.2, 0) is 17.4 Å². The van der Waals surface area contributed by atoms with Crippen LogP contribution in [0.25, 0.3) is 0 Å². The van der Waals surface area contributed by atoms with Crippen molar-refractivity contribution in [3.05, 3.63) is 35.4 Å². The maximum atomic E-state index is 12.6. The molecule has 0 aliphatic heterocycles. The minimum absolute atomic E-state index is 0.138. The molecule has 1 aliphatic carbocycles. The van der Waals surface area contributed by atoms with Crippen LogP contribution in [0.15, 0.2) is 24.3 Å². The van der Waals surface area contributed by atoms with Crippen LogP contribution in [0, 0.1) is 5.92 Å². The second-order valence-corrected chi connectivity index (χ2v) is 8.19. The number of halogens is 3. The summed E-state index contributed by atoms with van der Waals surface area (Å²) in [6, 6.07) is 5.35. The van der Waals surface area contributed by atoms with Gasteiger partial charge >= 0.3 is 19.3 Å². The van der Waals surface area contributed by atoms with E-state index in [4.69, 9.17) is 15.8 Å². The smallest absolute Gasteiger partial charge is 0.451 e. The lowest BCUT2D eigenvalue weighted by Gasteiger charge is -2.45. The molecular formula is C20H30BF3N2O4. The molecule has 0 aromatic heterocycles. The molecule has 1 aromatic carbocycles. The van der Waals surface area contributed by atoms with Gasteiger partial charge in [0, 0.05) is 6.04 Å². The van der Waals surface area contributed by atoms with Crippen molar-refractivity contribution in [2.75, 3.05) is 6.54 Å². The van der Waals surface area contributed by atoms with Crippen LogP contribution in [0.5, 0.6) is 0 Å². The van der Waals surface area contributed by atoms with Gasteiger partial charge in [0.25, 0.3) is 0 Å². The largest absolute Gasteiger partial charge is 0.480 e. The molecule has 0 amide bonds. The molecule has 1 aliphatic rings. The second kappa shape index (κ2) is 10.6. The van der Waals surface area contributed by atoms with Crippen LogP contribution in [0.3, 0.4) is 0 Å². The van der Waals surface area contributed by atoms with Gasteiger partial charge in [0.15, 0.2) is 0 Å². The number of alkyl halides is 3. The van der Waals surface area contributed by atoms with Crippen LogP contribution in [0.2, 0.25) is 6.32 Å². The molecule has 6 nitrogen and oxygen atoms in total. The molecule has 2 rings (SSSR count). The fourth-order valence-electron chi connectivity index (χ4n) is 3.89. The molecule has 1 unspecified atom stereocenters. The van der Waals surface area contributed by atoms with Crippen LogP contribution >= 0.6 is 0 Å². The van der Waals surface area contributed by atoms with E-state index in [2.05, 4.69) is 5.32 Å². The lowest BCUT2D eigenvalue weighted by molar-refractivity contribution is -0.148. The molecule has 168 valence electrons. The number of nitrogens with two attached hydrogens (primary N) is 1. The van der Waals surface area contributed by atoms with Gasteiger partial charge in [0.05, 0.1) is 5.56 Å². The number of rotatable bonds is 12. The van der Waals surface area contributed by atoms with Gasteiger partial charge in [0.2, 0.25) is 0 Å². The number of unbranched alkanes of at least 4 members (excludes halogenated alkanes) is 1. The van der Waals surface area contributed by atoms with Crippen molar-refractivity contribution in [3.63, 3.8) is 0 Å². The fraction of sp³-hybridized carbons (Fsp3) is 0.650. The molecule has 1 aromatic rings. The predicted molar refractivity (Wildman–Crippen MR) is 108 cm³/mol. The summed E-state index contributed by atoms with van der Waals surface area (Å²) < 4.78 is 37.7. The minimum atomic E-state index is -4.32. The number of nitrogens with one attached hydrogen (secondary N) is 1. The van der Waals surface area contributed by atoms with Crippen LogP contribution in [-0.4, -0.2) is 46.4 Å². The summed E-state index contributed by atoms with van der Waals surface area (Å²) in [6.45, 7) is 0.692. The second-order valence-electron chi connectivity index (χ2n) is 8.19. The summed E-state index contributed by atoms with van der Waals surface area (Å²) in [6.07, 6.45) is -0.0720. The summed E-state index contributed by atoms with van der Waals surface area (Å²) in [4.78, 5) is 11.7. The quantitative estimate of drug-likeness (QED) is 0.257. The van der Waals surface area contributed by atoms with Gasteiger partial charge in [-0.25, -0.2) is 0 Å². The van der Waals surface area contributed by atoms with Crippen LogP contribution < -0.4 is 11.1 Å². The van der Waals surface area contributed by atoms with Crippen LogP contribution in [0.1, 0.15) is 49.7 Å². The van der Waals surface area contributed by atoms with Gasteiger partial charge in [-0.15, -0.1) is 0 Å². The average molecular weight is 430 g/mol. The third kappa shape index (κ3) is 6.97. The summed E-state index contributed by atoms with van der Waals surface area (Å²) in [5, 5.41) is 30.6. The zero-order valence-electron chi connectivity index (χ0n) is 16.9. The lowest BCUT2D eigenvalue weighted by atomic mass is 9.66. The highest BCUT2D eigenvalue weighted by atomic mass is 19.4. The third-order valence-corrected chi connectivity index (χ3v) is 5.92. The number of carbonyl (C=O) groups is 1. The molecule has 10 heteroatoms. The lowest BCUT2D eigenvalue weighted by Crippen LogP contribution is -2.61. The standard InChI is InChI=1S/C20H30BF3N2O4/c22-20(23,24)15-7-5-14(6-8-15)4-3-11-26-17-12-16(13-17)19(25,18(27)28)9-1-2-10-21(29)30/h5-8,16-17,26,29-30H,1-4,9-13,25H2,(H,27,28)/t16-,17+,19?. The normalized spacial score (nSPS) is 21.0. The highest BCUT2D eigenvalue weighted by Crippen LogP contribution is 2.38. The van der Waals surface area contributed by atoms with E-state index in [1.165, 1.54) is 12.1 Å². The number of aryl methyl sites for hydroxylation is 1. The van der Waals surface area contributed by atoms with E-state index in [1.807, 2.05) is 0 Å². The molecule has 0 radical (unpaired) electrons. The zero-order chi connectivity index (χ0) is 22.4.